The molecule has 5 heteroatoms. The van der Waals surface area contributed by atoms with Crippen molar-refractivity contribution in [3.05, 3.63) is 40.5 Å². The molecule has 2 aromatic rings. The highest BCUT2D eigenvalue weighted by molar-refractivity contribution is 9.10. The van der Waals surface area contributed by atoms with Crippen molar-refractivity contribution in [2.75, 3.05) is 27.3 Å². The van der Waals surface area contributed by atoms with Gasteiger partial charge in [-0.2, -0.15) is 0 Å². The maximum absolute atomic E-state index is 9.77. The molecule has 1 N–H and O–H groups in total. The van der Waals surface area contributed by atoms with E-state index in [-0.39, 0.29) is 0 Å². The molecule has 0 spiro atoms. The van der Waals surface area contributed by atoms with Gasteiger partial charge in [0.1, 0.15) is 0 Å². The number of hydrogen-bond donors (Lipinski definition) is 1. The normalized spacial score (nSPS) is 13.1. The number of methoxy groups -OCH3 is 1. The van der Waals surface area contributed by atoms with E-state index in [0.717, 1.165) is 27.5 Å². The molecule has 20 heavy (non-hydrogen) atoms. The summed E-state index contributed by atoms with van der Waals surface area (Å²) >= 11 is 3.53. The summed E-state index contributed by atoms with van der Waals surface area (Å²) in [5, 5.41) is 10.9. The monoisotopic (exact) mass is 338 g/mol. The van der Waals surface area contributed by atoms with Gasteiger partial charge in [0.25, 0.3) is 0 Å². The predicted octanol–water partition coefficient (Wildman–Crippen LogP) is 2.44. The van der Waals surface area contributed by atoms with Gasteiger partial charge in [-0.1, -0.05) is 22.0 Å². The first-order valence-corrected chi connectivity index (χ1v) is 7.28. The number of pyridine rings is 1. The first-order valence-electron chi connectivity index (χ1n) is 6.49. The molecule has 108 valence electrons. The number of aromatic nitrogens is 1. The van der Waals surface area contributed by atoms with Gasteiger partial charge in [0, 0.05) is 36.3 Å². The van der Waals surface area contributed by atoms with Gasteiger partial charge in [0.05, 0.1) is 18.2 Å². The largest absolute Gasteiger partial charge is 0.389 e. The number of aliphatic hydroxyl groups is 1. The molecule has 0 amide bonds. The molecule has 0 aliphatic heterocycles. The molecule has 1 atom stereocenters. The van der Waals surface area contributed by atoms with Crippen LogP contribution in [-0.2, 0) is 11.3 Å². The molecule has 0 aliphatic carbocycles. The Morgan fingerprint density at radius 3 is 3.00 bits per heavy atom. The van der Waals surface area contributed by atoms with Crippen molar-refractivity contribution in [1.29, 1.82) is 0 Å². The lowest BCUT2D eigenvalue weighted by molar-refractivity contribution is 0.0419. The molecule has 1 aromatic heterocycles. The maximum atomic E-state index is 9.77. The van der Waals surface area contributed by atoms with E-state index in [1.807, 2.05) is 13.1 Å². The second kappa shape index (κ2) is 7.13. The standard InChI is InChI=1S/C15H19BrN2O2/c1-18(9-14(19)10-20-2)8-12-7-13(16)6-11-4-3-5-17-15(11)12/h3-7,14,19H,8-10H2,1-2H3. The van der Waals surface area contributed by atoms with Crippen LogP contribution in [0.3, 0.4) is 0 Å². The number of likely N-dealkylation sites (N-methyl/N-ethyl adjacent to an activating group) is 1. The number of fused-ring (bicyclic) bond motifs is 1. The highest BCUT2D eigenvalue weighted by atomic mass is 79.9. The highest BCUT2D eigenvalue weighted by Gasteiger charge is 2.11. The van der Waals surface area contributed by atoms with Crippen molar-refractivity contribution in [2.45, 2.75) is 12.6 Å². The molecular weight excluding hydrogens is 320 g/mol. The first kappa shape index (κ1) is 15.4. The van der Waals surface area contributed by atoms with Gasteiger partial charge in [0.15, 0.2) is 0 Å². The average Bonchev–Trinajstić information content (AvgIpc) is 2.38. The lowest BCUT2D eigenvalue weighted by atomic mass is 10.1. The summed E-state index contributed by atoms with van der Waals surface area (Å²) in [4.78, 5) is 6.53. The average molecular weight is 339 g/mol. The van der Waals surface area contributed by atoms with Crippen LogP contribution >= 0.6 is 15.9 Å². The molecule has 1 unspecified atom stereocenters. The summed E-state index contributed by atoms with van der Waals surface area (Å²) in [5.74, 6) is 0. The van der Waals surface area contributed by atoms with E-state index in [2.05, 4.69) is 44.0 Å². The van der Waals surface area contributed by atoms with E-state index in [9.17, 15) is 5.11 Å². The van der Waals surface area contributed by atoms with E-state index in [0.29, 0.717) is 13.2 Å². The van der Waals surface area contributed by atoms with E-state index in [4.69, 9.17) is 4.74 Å². The SMILES string of the molecule is COCC(O)CN(C)Cc1cc(Br)cc2cccnc12. The summed E-state index contributed by atoms with van der Waals surface area (Å²) in [6, 6.07) is 8.13. The van der Waals surface area contributed by atoms with Crippen LogP contribution in [0.25, 0.3) is 10.9 Å². The van der Waals surface area contributed by atoms with Crippen LogP contribution < -0.4 is 0 Å². The fourth-order valence-corrected chi connectivity index (χ4v) is 2.83. The Morgan fingerprint density at radius 2 is 2.25 bits per heavy atom. The molecule has 4 nitrogen and oxygen atoms in total. The van der Waals surface area contributed by atoms with Gasteiger partial charge in [-0.05, 0) is 30.8 Å². The molecule has 1 heterocycles. The quantitative estimate of drug-likeness (QED) is 0.878. The number of aliphatic hydroxyl groups excluding tert-OH is 1. The van der Waals surface area contributed by atoms with Crippen molar-refractivity contribution in [3.8, 4) is 0 Å². The summed E-state index contributed by atoms with van der Waals surface area (Å²) in [6.45, 7) is 1.64. The number of halogens is 1. The fourth-order valence-electron chi connectivity index (χ4n) is 2.31. The highest BCUT2D eigenvalue weighted by Crippen LogP contribution is 2.23. The van der Waals surface area contributed by atoms with Crippen molar-refractivity contribution >= 4 is 26.8 Å². The van der Waals surface area contributed by atoms with Crippen LogP contribution in [-0.4, -0.2) is 48.4 Å². The molecule has 0 saturated carbocycles. The Morgan fingerprint density at radius 1 is 1.45 bits per heavy atom. The van der Waals surface area contributed by atoms with Gasteiger partial charge < -0.3 is 9.84 Å². The smallest absolute Gasteiger partial charge is 0.0900 e. The molecule has 0 bridgehead atoms. The zero-order chi connectivity index (χ0) is 14.5. The number of nitrogens with zero attached hydrogens (tertiary/aromatic N) is 2. The number of ether oxygens (including phenoxy) is 1. The van der Waals surface area contributed by atoms with Crippen LogP contribution in [0, 0.1) is 0 Å². The van der Waals surface area contributed by atoms with Crippen LogP contribution in [0.2, 0.25) is 0 Å². The third-order valence-electron chi connectivity index (χ3n) is 3.07. The van der Waals surface area contributed by atoms with Gasteiger partial charge in [-0.3, -0.25) is 9.88 Å². The van der Waals surface area contributed by atoms with E-state index < -0.39 is 6.10 Å². The maximum Gasteiger partial charge on any atom is 0.0900 e. The van der Waals surface area contributed by atoms with Crippen LogP contribution in [0.4, 0.5) is 0 Å². The minimum atomic E-state index is -0.476. The topological polar surface area (TPSA) is 45.6 Å². The van der Waals surface area contributed by atoms with Crippen LogP contribution in [0.15, 0.2) is 34.9 Å². The molecule has 0 radical (unpaired) electrons. The van der Waals surface area contributed by atoms with Gasteiger partial charge in [0.2, 0.25) is 0 Å². The molecule has 0 fully saturated rings. The third-order valence-corrected chi connectivity index (χ3v) is 3.53. The Bertz CT molecular complexity index is 577. The van der Waals surface area contributed by atoms with Crippen molar-refractivity contribution in [3.63, 3.8) is 0 Å². The third kappa shape index (κ3) is 3.99. The first-order chi connectivity index (χ1) is 9.60. The lowest BCUT2D eigenvalue weighted by Gasteiger charge is -2.20. The summed E-state index contributed by atoms with van der Waals surface area (Å²) in [5.41, 5.74) is 2.14. The molecule has 0 saturated heterocycles. The zero-order valence-corrected chi connectivity index (χ0v) is 13.3. The van der Waals surface area contributed by atoms with E-state index >= 15 is 0 Å². The summed E-state index contributed by atoms with van der Waals surface area (Å²) < 4.78 is 5.99. The van der Waals surface area contributed by atoms with Crippen LogP contribution in [0.1, 0.15) is 5.56 Å². The predicted molar refractivity (Wildman–Crippen MR) is 83.7 cm³/mol. The molecular formula is C15H19BrN2O2. The van der Waals surface area contributed by atoms with E-state index in [1.54, 1.807) is 13.3 Å². The lowest BCUT2D eigenvalue weighted by Crippen LogP contribution is -2.31. The Labute approximate surface area is 127 Å². The fraction of sp³-hybridized carbons (Fsp3) is 0.400. The Hall–Kier alpha value is -1.01. The second-order valence-electron chi connectivity index (χ2n) is 4.95. The van der Waals surface area contributed by atoms with Gasteiger partial charge in [-0.15, -0.1) is 0 Å². The number of rotatable bonds is 6. The minimum absolute atomic E-state index is 0.349. The molecule has 1 aromatic carbocycles. The van der Waals surface area contributed by atoms with Gasteiger partial charge in [-0.25, -0.2) is 0 Å². The summed E-state index contributed by atoms with van der Waals surface area (Å²) in [7, 11) is 3.57. The van der Waals surface area contributed by atoms with Gasteiger partial charge >= 0.3 is 0 Å². The number of hydrogen-bond acceptors (Lipinski definition) is 4. The minimum Gasteiger partial charge on any atom is -0.389 e. The second-order valence-corrected chi connectivity index (χ2v) is 5.86. The van der Waals surface area contributed by atoms with E-state index in [1.165, 1.54) is 0 Å². The molecule has 2 rings (SSSR count). The van der Waals surface area contributed by atoms with Crippen molar-refractivity contribution < 1.29 is 9.84 Å². The zero-order valence-electron chi connectivity index (χ0n) is 11.7. The Kier molecular flexibility index (Phi) is 5.48. The number of benzene rings is 1. The molecule has 0 aliphatic rings. The van der Waals surface area contributed by atoms with Crippen LogP contribution in [0.5, 0.6) is 0 Å². The summed E-state index contributed by atoms with van der Waals surface area (Å²) in [6.07, 6.45) is 1.33. The Balaban J connectivity index is 2.16. The van der Waals surface area contributed by atoms with Crippen molar-refractivity contribution in [1.82, 2.24) is 9.88 Å². The van der Waals surface area contributed by atoms with Crippen molar-refractivity contribution in [2.24, 2.45) is 0 Å².